The molecule has 2 aliphatic rings. The van der Waals surface area contributed by atoms with E-state index >= 15 is 0 Å². The zero-order chi connectivity index (χ0) is 12.0. The van der Waals surface area contributed by atoms with Gasteiger partial charge in [-0.2, -0.15) is 0 Å². The summed E-state index contributed by atoms with van der Waals surface area (Å²) in [6, 6.07) is 0. The highest BCUT2D eigenvalue weighted by atomic mass is 32.2. The Kier molecular flexibility index (Phi) is 2.51. The minimum absolute atomic E-state index is 0.626. The number of anilines is 1. The lowest BCUT2D eigenvalue weighted by molar-refractivity contribution is 0.713. The van der Waals surface area contributed by atoms with Crippen LogP contribution < -0.4 is 4.90 Å². The summed E-state index contributed by atoms with van der Waals surface area (Å²) < 4.78 is 0. The molecular formula is C12H14BN3S. The minimum atomic E-state index is 0.626. The summed E-state index contributed by atoms with van der Waals surface area (Å²) in [5.74, 6) is 1.65. The van der Waals surface area contributed by atoms with Crippen molar-refractivity contribution in [3.05, 3.63) is 34.7 Å². The van der Waals surface area contributed by atoms with Crippen LogP contribution in [0, 0.1) is 5.92 Å². The van der Waals surface area contributed by atoms with Crippen LogP contribution in [-0.2, 0) is 0 Å². The number of fused-ring (bicyclic) bond motifs is 2. The van der Waals surface area contributed by atoms with E-state index < -0.39 is 0 Å². The summed E-state index contributed by atoms with van der Waals surface area (Å²) in [4.78, 5) is 13.2. The molecule has 5 heteroatoms. The zero-order valence-corrected chi connectivity index (χ0v) is 11.1. The second-order valence-corrected chi connectivity index (χ2v) is 5.80. The molecule has 0 N–H and O–H groups in total. The van der Waals surface area contributed by atoms with Crippen molar-refractivity contribution in [3.63, 3.8) is 0 Å². The largest absolute Gasteiger partial charge is 0.328 e. The van der Waals surface area contributed by atoms with Gasteiger partial charge in [-0.25, -0.2) is 9.97 Å². The second-order valence-electron chi connectivity index (χ2n) is 4.71. The first kappa shape index (κ1) is 10.9. The SMILES string of the molecule is BC1=C2C(=CC(C)C1)Sc1cncnc1N2C. The molecule has 1 aliphatic carbocycles. The Labute approximate surface area is 106 Å². The summed E-state index contributed by atoms with van der Waals surface area (Å²) >= 11 is 1.79. The molecule has 0 bridgehead atoms. The van der Waals surface area contributed by atoms with Gasteiger partial charge in [0.25, 0.3) is 0 Å². The molecule has 1 aliphatic heterocycles. The van der Waals surface area contributed by atoms with E-state index in [-0.39, 0.29) is 0 Å². The Morgan fingerprint density at radius 3 is 3.18 bits per heavy atom. The predicted molar refractivity (Wildman–Crippen MR) is 73.7 cm³/mol. The van der Waals surface area contributed by atoms with Gasteiger partial charge in [0.2, 0.25) is 0 Å². The van der Waals surface area contributed by atoms with Gasteiger partial charge in [0.1, 0.15) is 20.0 Å². The Balaban J connectivity index is 2.16. The van der Waals surface area contributed by atoms with Gasteiger partial charge in [0.05, 0.1) is 4.90 Å². The Morgan fingerprint density at radius 2 is 2.35 bits per heavy atom. The summed E-state index contributed by atoms with van der Waals surface area (Å²) in [6.07, 6.45) is 7.02. The molecule has 17 heavy (non-hydrogen) atoms. The van der Waals surface area contributed by atoms with Crippen LogP contribution in [0.1, 0.15) is 13.3 Å². The van der Waals surface area contributed by atoms with Gasteiger partial charge >= 0.3 is 0 Å². The van der Waals surface area contributed by atoms with Crippen molar-refractivity contribution in [1.82, 2.24) is 9.97 Å². The molecule has 0 fully saturated rings. The van der Waals surface area contributed by atoms with Crippen molar-refractivity contribution < 1.29 is 0 Å². The van der Waals surface area contributed by atoms with E-state index in [2.05, 4.69) is 42.8 Å². The number of rotatable bonds is 0. The van der Waals surface area contributed by atoms with Crippen LogP contribution in [0.3, 0.4) is 0 Å². The zero-order valence-electron chi connectivity index (χ0n) is 10.3. The van der Waals surface area contributed by atoms with Gasteiger partial charge < -0.3 is 4.90 Å². The van der Waals surface area contributed by atoms with Crippen LogP contribution in [0.4, 0.5) is 5.82 Å². The highest BCUT2D eigenvalue weighted by Crippen LogP contribution is 2.47. The molecule has 1 unspecified atom stereocenters. The third-order valence-electron chi connectivity index (χ3n) is 3.23. The lowest BCUT2D eigenvalue weighted by Gasteiger charge is -2.35. The molecule has 0 amide bonds. The van der Waals surface area contributed by atoms with E-state index in [0.29, 0.717) is 5.92 Å². The second kappa shape index (κ2) is 3.91. The first-order valence-corrected chi connectivity index (χ1v) is 6.62. The van der Waals surface area contributed by atoms with Gasteiger partial charge in [0.15, 0.2) is 0 Å². The van der Waals surface area contributed by atoms with Gasteiger partial charge in [0, 0.05) is 23.8 Å². The molecule has 3 rings (SSSR count). The van der Waals surface area contributed by atoms with E-state index in [1.54, 1.807) is 18.1 Å². The van der Waals surface area contributed by atoms with Crippen LogP contribution in [0.15, 0.2) is 39.6 Å². The van der Waals surface area contributed by atoms with Crippen molar-refractivity contribution >= 4 is 25.4 Å². The fourth-order valence-corrected chi connectivity index (χ4v) is 3.92. The third-order valence-corrected chi connectivity index (χ3v) is 4.29. The monoisotopic (exact) mass is 243 g/mol. The smallest absolute Gasteiger partial charge is 0.150 e. The molecule has 0 aromatic carbocycles. The first-order chi connectivity index (χ1) is 8.16. The molecule has 0 radical (unpaired) electrons. The molecular weight excluding hydrogens is 229 g/mol. The fourth-order valence-electron chi connectivity index (χ4n) is 2.58. The number of nitrogens with zero attached hydrogens (tertiary/aromatic N) is 3. The number of aromatic nitrogens is 2. The summed E-state index contributed by atoms with van der Waals surface area (Å²) in [5, 5.41) is 0. The number of likely N-dealkylation sites (N-methyl/N-ethyl adjacent to an activating group) is 1. The quantitative estimate of drug-likeness (QED) is 0.649. The van der Waals surface area contributed by atoms with E-state index in [4.69, 9.17) is 0 Å². The summed E-state index contributed by atoms with van der Waals surface area (Å²) in [5.41, 5.74) is 2.79. The molecule has 86 valence electrons. The first-order valence-electron chi connectivity index (χ1n) is 5.80. The molecule has 1 aromatic heterocycles. The van der Waals surface area contributed by atoms with Gasteiger partial charge in [-0.1, -0.05) is 30.2 Å². The lowest BCUT2D eigenvalue weighted by atomic mass is 9.81. The van der Waals surface area contributed by atoms with Crippen molar-refractivity contribution in [2.24, 2.45) is 5.92 Å². The molecule has 0 saturated carbocycles. The fraction of sp³-hybridized carbons (Fsp3) is 0.333. The average molecular weight is 243 g/mol. The molecule has 2 heterocycles. The van der Waals surface area contributed by atoms with Gasteiger partial charge in [-0.05, 0) is 12.3 Å². The summed E-state index contributed by atoms with van der Waals surface area (Å²) in [7, 11) is 4.32. The van der Waals surface area contributed by atoms with Crippen molar-refractivity contribution in [2.75, 3.05) is 11.9 Å². The normalized spacial score (nSPS) is 23.1. The van der Waals surface area contributed by atoms with E-state index in [1.165, 1.54) is 16.1 Å². The van der Waals surface area contributed by atoms with Crippen LogP contribution in [0.25, 0.3) is 0 Å². The average Bonchev–Trinajstić information content (AvgIpc) is 2.28. The van der Waals surface area contributed by atoms with Crippen LogP contribution in [0.5, 0.6) is 0 Å². The van der Waals surface area contributed by atoms with Gasteiger partial charge in [-0.15, -0.1) is 0 Å². The lowest BCUT2D eigenvalue weighted by Crippen LogP contribution is -2.26. The maximum Gasteiger partial charge on any atom is 0.150 e. The molecule has 0 saturated heterocycles. The van der Waals surface area contributed by atoms with Gasteiger partial charge in [-0.3, -0.25) is 0 Å². The Morgan fingerprint density at radius 1 is 1.53 bits per heavy atom. The maximum atomic E-state index is 4.38. The Hall–Kier alpha value is -1.23. The number of hydrogen-bond acceptors (Lipinski definition) is 4. The van der Waals surface area contributed by atoms with E-state index in [0.717, 1.165) is 17.1 Å². The van der Waals surface area contributed by atoms with Crippen molar-refractivity contribution in [3.8, 4) is 0 Å². The topological polar surface area (TPSA) is 29.0 Å². The highest BCUT2D eigenvalue weighted by molar-refractivity contribution is 8.03. The van der Waals surface area contributed by atoms with Crippen molar-refractivity contribution in [1.29, 1.82) is 0 Å². The maximum absolute atomic E-state index is 4.38. The minimum Gasteiger partial charge on any atom is -0.328 e. The standard InChI is InChI=1S/C12H14BN3S/c1-7-3-8(13)11-9(4-7)17-10-5-14-6-15-12(10)16(11)2/h4-7H,3,13H2,1-2H3. The molecule has 1 atom stereocenters. The Bertz CT molecular complexity index is 538. The third kappa shape index (κ3) is 1.69. The summed E-state index contributed by atoms with van der Waals surface area (Å²) in [6.45, 7) is 2.27. The predicted octanol–water partition coefficient (Wildman–Crippen LogP) is 1.79. The van der Waals surface area contributed by atoms with Crippen LogP contribution in [0.2, 0.25) is 0 Å². The van der Waals surface area contributed by atoms with Crippen molar-refractivity contribution in [2.45, 2.75) is 18.2 Å². The van der Waals surface area contributed by atoms with Crippen LogP contribution >= 0.6 is 11.8 Å². The van der Waals surface area contributed by atoms with E-state index in [9.17, 15) is 0 Å². The number of allylic oxidation sites excluding steroid dienone is 2. The molecule has 1 aromatic rings. The highest BCUT2D eigenvalue weighted by Gasteiger charge is 2.28. The molecule has 0 spiro atoms. The number of thioether (sulfide) groups is 1. The van der Waals surface area contributed by atoms with E-state index in [1.807, 2.05) is 6.20 Å². The number of hydrogen-bond donors (Lipinski definition) is 0. The van der Waals surface area contributed by atoms with Crippen LogP contribution in [-0.4, -0.2) is 24.9 Å². The molecule has 3 nitrogen and oxygen atoms in total.